The maximum atomic E-state index is 13.3. The van der Waals surface area contributed by atoms with Crippen molar-refractivity contribution >= 4 is 17.4 Å². The third kappa shape index (κ3) is 5.85. The van der Waals surface area contributed by atoms with Crippen molar-refractivity contribution in [3.63, 3.8) is 0 Å². The first-order valence-electron chi connectivity index (χ1n) is 10.6. The minimum atomic E-state index is -0.671. The van der Waals surface area contributed by atoms with Crippen LogP contribution >= 0.6 is 0 Å². The highest BCUT2D eigenvalue weighted by atomic mass is 19.1. The number of piperidine rings is 1. The van der Waals surface area contributed by atoms with E-state index < -0.39 is 12.1 Å². The number of methoxy groups -OCH3 is 1. The van der Waals surface area contributed by atoms with E-state index in [9.17, 15) is 9.18 Å². The molecular formula is C23H31FN4O3. The van der Waals surface area contributed by atoms with Gasteiger partial charge in [-0.25, -0.2) is 14.2 Å². The Kier molecular flexibility index (Phi) is 7.68. The van der Waals surface area contributed by atoms with Crippen LogP contribution in [-0.4, -0.2) is 44.7 Å². The number of anilines is 1. The van der Waals surface area contributed by atoms with Crippen molar-refractivity contribution in [2.45, 2.75) is 32.9 Å². The first kappa shape index (κ1) is 22.8. The molecule has 0 saturated carbocycles. The Hall–Kier alpha value is -2.87. The van der Waals surface area contributed by atoms with Crippen molar-refractivity contribution in [2.24, 2.45) is 22.6 Å². The maximum absolute atomic E-state index is 13.3. The molecule has 2 aliphatic rings. The lowest BCUT2D eigenvalue weighted by Crippen LogP contribution is -2.34. The lowest BCUT2D eigenvalue weighted by molar-refractivity contribution is -0.132. The minimum absolute atomic E-state index is 0.0354. The first-order valence-corrected chi connectivity index (χ1v) is 10.6. The summed E-state index contributed by atoms with van der Waals surface area (Å²) in [4.78, 5) is 16.8. The number of dihydropyridines is 1. The SMILES string of the molecule is COC(=O)C1=NC(Nc2ccc(F)cc2)C(=C(N)C(C)C)C(OCC2CCNCC2)=C1. The van der Waals surface area contributed by atoms with Gasteiger partial charge in [0.15, 0.2) is 6.17 Å². The second-order valence-electron chi connectivity index (χ2n) is 8.10. The van der Waals surface area contributed by atoms with Gasteiger partial charge in [-0.1, -0.05) is 13.8 Å². The van der Waals surface area contributed by atoms with Crippen LogP contribution in [0.4, 0.5) is 10.1 Å². The van der Waals surface area contributed by atoms with Gasteiger partial charge in [-0.2, -0.15) is 0 Å². The number of carbonyl (C=O) groups excluding carboxylic acids is 1. The average Bonchev–Trinajstić information content (AvgIpc) is 2.78. The number of esters is 1. The Labute approximate surface area is 182 Å². The molecule has 31 heavy (non-hydrogen) atoms. The fraction of sp³-hybridized carbons (Fsp3) is 0.478. The van der Waals surface area contributed by atoms with Crippen LogP contribution in [0, 0.1) is 17.7 Å². The van der Waals surface area contributed by atoms with E-state index in [1.807, 2.05) is 13.8 Å². The predicted molar refractivity (Wildman–Crippen MR) is 119 cm³/mol. The summed E-state index contributed by atoms with van der Waals surface area (Å²) in [6.45, 7) is 6.43. The molecule has 0 aromatic heterocycles. The number of nitrogens with one attached hydrogen (secondary N) is 2. The van der Waals surface area contributed by atoms with Crippen molar-refractivity contribution in [3.05, 3.63) is 53.2 Å². The van der Waals surface area contributed by atoms with Gasteiger partial charge in [0.2, 0.25) is 0 Å². The summed E-state index contributed by atoms with van der Waals surface area (Å²) in [7, 11) is 1.31. The highest BCUT2D eigenvalue weighted by Gasteiger charge is 2.30. The summed E-state index contributed by atoms with van der Waals surface area (Å²) in [6, 6.07) is 5.94. The molecule has 2 aliphatic heterocycles. The zero-order chi connectivity index (χ0) is 22.4. The standard InChI is InChI=1S/C23H31FN4O3/c1-14(2)21(25)20-19(31-13-15-8-10-26-11-9-15)12-18(23(29)30-3)28-22(20)27-17-6-4-16(24)5-7-17/h4-7,12,14-15,22,26-27H,8-11,13,25H2,1-3H3. The number of hydrogen-bond acceptors (Lipinski definition) is 7. The summed E-state index contributed by atoms with van der Waals surface area (Å²) in [5.41, 5.74) is 8.56. The van der Waals surface area contributed by atoms with E-state index >= 15 is 0 Å². The molecule has 7 nitrogen and oxygen atoms in total. The van der Waals surface area contributed by atoms with Gasteiger partial charge < -0.3 is 25.8 Å². The van der Waals surface area contributed by atoms with Crippen molar-refractivity contribution in [3.8, 4) is 0 Å². The largest absolute Gasteiger partial charge is 0.493 e. The first-order chi connectivity index (χ1) is 14.9. The topological polar surface area (TPSA) is 98.0 Å². The molecule has 1 fully saturated rings. The summed E-state index contributed by atoms with van der Waals surface area (Å²) in [5, 5.41) is 6.59. The molecule has 1 saturated heterocycles. The number of allylic oxidation sites excluding steroid dienone is 1. The van der Waals surface area contributed by atoms with Crippen LogP contribution < -0.4 is 16.4 Å². The monoisotopic (exact) mass is 430 g/mol. The maximum Gasteiger partial charge on any atom is 0.356 e. The molecule has 0 bridgehead atoms. The smallest absolute Gasteiger partial charge is 0.356 e. The quantitative estimate of drug-likeness (QED) is 0.576. The van der Waals surface area contributed by atoms with Crippen LogP contribution in [-0.2, 0) is 14.3 Å². The molecule has 2 heterocycles. The average molecular weight is 431 g/mol. The number of nitrogens with zero attached hydrogens (tertiary/aromatic N) is 1. The van der Waals surface area contributed by atoms with Gasteiger partial charge in [-0.3, -0.25) is 0 Å². The summed E-state index contributed by atoms with van der Waals surface area (Å²) < 4.78 is 24.5. The van der Waals surface area contributed by atoms with Gasteiger partial charge in [0.05, 0.1) is 19.3 Å². The molecule has 0 spiro atoms. The van der Waals surface area contributed by atoms with E-state index in [-0.39, 0.29) is 17.4 Å². The zero-order valence-corrected chi connectivity index (χ0v) is 18.3. The molecule has 0 radical (unpaired) electrons. The van der Waals surface area contributed by atoms with Crippen LogP contribution in [0.2, 0.25) is 0 Å². The van der Waals surface area contributed by atoms with Gasteiger partial charge in [0, 0.05) is 17.5 Å². The molecule has 1 atom stereocenters. The summed E-state index contributed by atoms with van der Waals surface area (Å²) >= 11 is 0. The van der Waals surface area contributed by atoms with Gasteiger partial charge >= 0.3 is 5.97 Å². The van der Waals surface area contributed by atoms with E-state index in [2.05, 4.69) is 15.6 Å². The van der Waals surface area contributed by atoms with Crippen LogP contribution in [0.5, 0.6) is 0 Å². The number of hydrogen-bond donors (Lipinski definition) is 3. The Morgan fingerprint density at radius 2 is 1.97 bits per heavy atom. The molecule has 0 amide bonds. The number of aliphatic imine (C=N–C) groups is 1. The number of halogens is 1. The Bertz CT molecular complexity index is 871. The number of nitrogens with two attached hydrogens (primary N) is 1. The fourth-order valence-electron chi connectivity index (χ4n) is 3.59. The van der Waals surface area contributed by atoms with Crippen LogP contribution in [0.25, 0.3) is 0 Å². The van der Waals surface area contributed by atoms with Crippen molar-refractivity contribution in [2.75, 3.05) is 32.1 Å². The molecule has 0 aliphatic carbocycles. The van der Waals surface area contributed by atoms with Crippen molar-refractivity contribution < 1.29 is 18.7 Å². The van der Waals surface area contributed by atoms with E-state index in [1.54, 1.807) is 18.2 Å². The van der Waals surface area contributed by atoms with Crippen LogP contribution in [0.1, 0.15) is 26.7 Å². The highest BCUT2D eigenvalue weighted by Crippen LogP contribution is 2.30. The lowest BCUT2D eigenvalue weighted by Gasteiger charge is -2.30. The van der Waals surface area contributed by atoms with Gasteiger partial charge in [0.1, 0.15) is 17.3 Å². The number of benzene rings is 1. The Morgan fingerprint density at radius 1 is 1.29 bits per heavy atom. The van der Waals surface area contributed by atoms with E-state index in [0.717, 1.165) is 25.9 Å². The minimum Gasteiger partial charge on any atom is -0.493 e. The van der Waals surface area contributed by atoms with Crippen molar-refractivity contribution in [1.82, 2.24) is 5.32 Å². The molecular weight excluding hydrogens is 399 g/mol. The zero-order valence-electron chi connectivity index (χ0n) is 18.3. The van der Waals surface area contributed by atoms with E-state index in [1.165, 1.54) is 19.2 Å². The number of rotatable bonds is 7. The number of carbonyl (C=O) groups is 1. The van der Waals surface area contributed by atoms with Crippen LogP contribution in [0.15, 0.2) is 52.4 Å². The van der Waals surface area contributed by atoms with Gasteiger partial charge in [-0.15, -0.1) is 0 Å². The molecule has 1 aromatic carbocycles. The Morgan fingerprint density at radius 3 is 2.58 bits per heavy atom. The molecule has 168 valence electrons. The Balaban J connectivity index is 1.94. The van der Waals surface area contributed by atoms with Gasteiger partial charge in [0.25, 0.3) is 0 Å². The lowest BCUT2D eigenvalue weighted by atomic mass is 9.96. The molecule has 3 rings (SSSR count). The summed E-state index contributed by atoms with van der Waals surface area (Å²) in [6.07, 6.45) is 2.98. The van der Waals surface area contributed by atoms with Crippen molar-refractivity contribution in [1.29, 1.82) is 0 Å². The normalized spacial score (nSPS) is 21.3. The highest BCUT2D eigenvalue weighted by molar-refractivity contribution is 6.41. The van der Waals surface area contributed by atoms with Gasteiger partial charge in [-0.05, 0) is 62.0 Å². The molecule has 4 N–H and O–H groups in total. The third-order valence-electron chi connectivity index (χ3n) is 5.48. The predicted octanol–water partition coefficient (Wildman–Crippen LogP) is 2.96. The molecule has 1 unspecified atom stereocenters. The third-order valence-corrected chi connectivity index (χ3v) is 5.48. The van der Waals surface area contributed by atoms with E-state index in [0.29, 0.717) is 35.2 Å². The molecule has 8 heteroatoms. The van der Waals surface area contributed by atoms with Crippen LogP contribution in [0.3, 0.4) is 0 Å². The molecule has 1 aromatic rings. The fourth-order valence-corrected chi connectivity index (χ4v) is 3.59. The van der Waals surface area contributed by atoms with E-state index in [4.69, 9.17) is 15.2 Å². The second-order valence-corrected chi connectivity index (χ2v) is 8.10. The number of ether oxygens (including phenoxy) is 2. The second kappa shape index (κ2) is 10.4. The summed E-state index contributed by atoms with van der Waals surface area (Å²) in [5.74, 6) is 0.0768.